The molecule has 0 bridgehead atoms. The van der Waals surface area contributed by atoms with E-state index < -0.39 is 179 Å². The lowest BCUT2D eigenvalue weighted by Crippen LogP contribution is -2.61. The van der Waals surface area contributed by atoms with Crippen LogP contribution in [0.3, 0.4) is 0 Å². The molecule has 0 radical (unpaired) electrons. The summed E-state index contributed by atoms with van der Waals surface area (Å²) in [7, 11) is -1.69. The van der Waals surface area contributed by atoms with Crippen LogP contribution in [0.2, 0.25) is 0 Å². The van der Waals surface area contributed by atoms with Crippen molar-refractivity contribution in [2.24, 2.45) is 90.3 Å². The topological polar surface area (TPSA) is 679 Å². The highest BCUT2D eigenvalue weighted by Crippen LogP contribution is 2.21. The van der Waals surface area contributed by atoms with Crippen molar-refractivity contribution in [3.05, 3.63) is 36.0 Å². The Kier molecular flexibility index (Phi) is 43.7. The van der Waals surface area contributed by atoms with E-state index in [0.717, 1.165) is 15.8 Å². The van der Waals surface area contributed by atoms with Gasteiger partial charge in [-0.25, -0.2) is 0 Å². The smallest absolute Gasteiger partial charge is 0.245 e. The number of nitrogens with one attached hydrogen (secondary N) is 12. The molecule has 1 aromatic carbocycles. The van der Waals surface area contributed by atoms with Crippen molar-refractivity contribution in [1.29, 1.82) is 0 Å². The Balaban J connectivity index is 1.96. The molecule has 1 aromatic heterocycles. The summed E-state index contributed by atoms with van der Waals surface area (Å²) in [6.07, 6.45) is 1.97. The zero-order valence-corrected chi connectivity index (χ0v) is 67.7. The second-order valence-electron chi connectivity index (χ2n) is 29.7. The van der Waals surface area contributed by atoms with Crippen molar-refractivity contribution in [1.82, 2.24) is 68.4 Å². The number of hydrogen-bond acceptors (Lipinski definition) is 19. The molecule has 1 fully saturated rings. The quantitative estimate of drug-likeness (QED) is 0.0167. The zero-order chi connectivity index (χ0) is 85.3. The van der Waals surface area contributed by atoms with E-state index in [1.54, 1.807) is 67.7 Å². The van der Waals surface area contributed by atoms with Gasteiger partial charge in [0.15, 0.2) is 17.9 Å². The number of benzene rings is 1. The molecule has 0 aliphatic carbocycles. The fourth-order valence-corrected chi connectivity index (χ4v) is 13.3. The molecule has 0 spiro atoms. The predicted molar refractivity (Wildman–Crippen MR) is 431 cm³/mol. The molecule has 2 heterocycles. The molecule has 3 rings (SSSR count). The van der Waals surface area contributed by atoms with Gasteiger partial charge in [0.05, 0.1) is 13.1 Å². The molecule has 41 heteroatoms. The van der Waals surface area contributed by atoms with Crippen molar-refractivity contribution in [3.63, 3.8) is 0 Å². The Morgan fingerprint density at radius 2 is 1.03 bits per heavy atom. The number of carbonyl (C=O) groups is 14. The van der Waals surface area contributed by atoms with Crippen LogP contribution in [0.5, 0.6) is 0 Å². The Labute approximate surface area is 667 Å². The third kappa shape index (κ3) is 37.3. The van der Waals surface area contributed by atoms with Gasteiger partial charge in [-0.3, -0.25) is 86.3 Å². The van der Waals surface area contributed by atoms with Crippen molar-refractivity contribution < 1.29 is 71.3 Å². The second-order valence-corrected chi connectivity index (χ2v) is 31.4. The standard InChI is InChI=1S/C73H125N25O15S/c1-9-43(8)60(97-59(102)39-98-30-32-114(113)31-25-57(100)88-47(20-14-27-83-71(77)78)63(105)93-51(70(98)112)19-12-13-26-74)69(111)96-55(35-42(6)7)67(109)91-48(21-15-28-84-72(79)80)64(106)90-49(22-16-29-85-73(81)82)65(107)94-54(34-41(4)5)68(110)95-53(33-40(2)3)66(108)92-50(23-24-56(75)99)62(104)87-38-58(101)89-52(61(76)103)36-44-37-86-46-18-11-10-17-45(44)46/h10-11,17-18,37,40-43,47-55,60,86H,9,12-16,19-36,38-39,74H2,1-8H3,(H2,75,99)(H2,76,103)(H,87,104)(H,88,100)(H,89,101)(H,90,106)(H,91,109)(H,92,108)(H,93,105)(H,94,107)(H,95,110)(H,96,111)(H,97,102)(H4,77,78,83)(H4,79,80,84)(H4,81,82,85)/t43-,47-,48-,49-,50-,51-,52-,53-,54-,55-,60-,114?/m0/s1. The molecule has 14 amide bonds. The number of para-hydroxylation sites is 1. The van der Waals surface area contributed by atoms with E-state index in [1.807, 2.05) is 18.2 Å². The number of primary amides is 2. The molecule has 30 N–H and O–H groups in total. The number of aromatic nitrogens is 1. The van der Waals surface area contributed by atoms with Crippen molar-refractivity contribution in [2.75, 3.05) is 57.3 Å². The van der Waals surface area contributed by atoms with Gasteiger partial charge >= 0.3 is 0 Å². The van der Waals surface area contributed by atoms with E-state index in [0.29, 0.717) is 24.8 Å². The molecule has 40 nitrogen and oxygen atoms in total. The number of aromatic amines is 1. The normalized spacial score (nSPS) is 17.1. The van der Waals surface area contributed by atoms with Crippen LogP contribution < -0.4 is 110 Å². The number of nitrogens with two attached hydrogens (primary N) is 9. The summed E-state index contributed by atoms with van der Waals surface area (Å²) < 4.78 is 13.4. The Hall–Kier alpha value is -10.7. The van der Waals surface area contributed by atoms with E-state index in [1.165, 1.54) is 0 Å². The van der Waals surface area contributed by atoms with Crippen molar-refractivity contribution in [2.45, 2.75) is 225 Å². The average Bonchev–Trinajstić information content (AvgIpc) is 1.70. The van der Waals surface area contributed by atoms with Gasteiger partial charge in [0, 0.05) is 84.8 Å². The fourth-order valence-electron chi connectivity index (χ4n) is 12.3. The van der Waals surface area contributed by atoms with E-state index in [-0.39, 0.29) is 163 Å². The number of H-pyrrole nitrogens is 1. The van der Waals surface area contributed by atoms with Crippen LogP contribution in [0, 0.1) is 23.7 Å². The first-order valence-electron chi connectivity index (χ1n) is 38.7. The van der Waals surface area contributed by atoms with Gasteiger partial charge in [0.1, 0.15) is 60.4 Å². The van der Waals surface area contributed by atoms with Gasteiger partial charge in [0.2, 0.25) is 82.7 Å². The molecule has 2 aromatic rings. The van der Waals surface area contributed by atoms with E-state index in [9.17, 15) is 71.3 Å². The van der Waals surface area contributed by atoms with E-state index in [2.05, 4.69) is 78.4 Å². The highest BCUT2D eigenvalue weighted by Gasteiger charge is 2.38. The summed E-state index contributed by atoms with van der Waals surface area (Å²) in [6.45, 7) is 12.7. The zero-order valence-electron chi connectivity index (χ0n) is 66.9. The van der Waals surface area contributed by atoms with Crippen molar-refractivity contribution >= 4 is 122 Å². The first kappa shape index (κ1) is 97.5. The largest absolute Gasteiger partial charge is 0.370 e. The molecule has 638 valence electrons. The molecular formula is C73H125N25O15S. The molecule has 1 saturated heterocycles. The first-order valence-corrected chi connectivity index (χ1v) is 40.2. The summed E-state index contributed by atoms with van der Waals surface area (Å²) in [5.74, 6) is -14.0. The first-order chi connectivity index (χ1) is 53.8. The van der Waals surface area contributed by atoms with Crippen LogP contribution in [0.15, 0.2) is 45.4 Å². The highest BCUT2D eigenvalue weighted by molar-refractivity contribution is 7.85. The summed E-state index contributed by atoms with van der Waals surface area (Å²) in [4.78, 5) is 212. The maximum atomic E-state index is 14.9. The van der Waals surface area contributed by atoms with E-state index >= 15 is 0 Å². The molecule has 12 atom stereocenters. The predicted octanol–water partition coefficient (Wildman–Crippen LogP) is -5.12. The number of aliphatic imine (C=N–C) groups is 3. The van der Waals surface area contributed by atoms with Gasteiger partial charge in [-0.1, -0.05) is 80.0 Å². The number of fused-ring (bicyclic) bond motifs is 1. The minimum atomic E-state index is -1.69. The summed E-state index contributed by atoms with van der Waals surface area (Å²) in [5.41, 5.74) is 51.9. The highest BCUT2D eigenvalue weighted by atomic mass is 32.2. The lowest BCUT2D eigenvalue weighted by Gasteiger charge is -2.31. The lowest BCUT2D eigenvalue weighted by atomic mass is 9.96. The maximum Gasteiger partial charge on any atom is 0.245 e. The third-order valence-electron chi connectivity index (χ3n) is 18.5. The summed E-state index contributed by atoms with van der Waals surface area (Å²) >= 11 is 0. The molecular weight excluding hydrogens is 1500 g/mol. The number of amides is 14. The molecule has 1 unspecified atom stereocenters. The van der Waals surface area contributed by atoms with Gasteiger partial charge in [-0.15, -0.1) is 0 Å². The minimum Gasteiger partial charge on any atom is -0.370 e. The van der Waals surface area contributed by atoms with Gasteiger partial charge in [0.25, 0.3) is 0 Å². The molecule has 1 aliphatic heterocycles. The van der Waals surface area contributed by atoms with Crippen LogP contribution >= 0.6 is 0 Å². The number of guanidine groups is 3. The van der Waals surface area contributed by atoms with Gasteiger partial charge < -0.3 is 120 Å². The fraction of sp³-hybridized carbons (Fsp3) is 0.658. The maximum absolute atomic E-state index is 14.9. The minimum absolute atomic E-state index is 0.0127. The monoisotopic (exact) mass is 1620 g/mol. The van der Waals surface area contributed by atoms with Gasteiger partial charge in [-0.2, -0.15) is 0 Å². The van der Waals surface area contributed by atoms with Crippen LogP contribution in [-0.2, 0) is 84.3 Å². The number of hydrogen-bond donors (Lipinski definition) is 21. The summed E-state index contributed by atoms with van der Waals surface area (Å²) in [5, 5.41) is 30.1. The van der Waals surface area contributed by atoms with Crippen molar-refractivity contribution in [3.8, 4) is 0 Å². The lowest BCUT2D eigenvalue weighted by molar-refractivity contribution is -0.141. The van der Waals surface area contributed by atoms with Crippen LogP contribution in [0.4, 0.5) is 0 Å². The summed E-state index contributed by atoms with van der Waals surface area (Å²) in [6, 6.07) is -6.31. The number of rotatable bonds is 49. The third-order valence-corrected chi connectivity index (χ3v) is 19.7. The van der Waals surface area contributed by atoms with Crippen LogP contribution in [-0.4, -0.2) is 232 Å². The number of nitrogens with zero attached hydrogens (tertiary/aromatic N) is 4. The SMILES string of the molecule is CC[C@H](C)[C@H](NC(=O)CN1CCS(=O)CCC(=O)N[C@@H](CCCN=C(N)N)C(=O)N[C@@H](CCCCN)C1=O)C(=O)N[C@@H](CC(C)C)C(=O)N[C@@H](CCCN=C(N)N)C(=O)N[C@@H](CCCN=C(N)N)C(=O)N[C@@H](CC(C)C)C(=O)N[C@@H](CC(C)C)C(=O)N[C@@H](CCC(N)=O)C(=O)NCC(=O)N[C@@H](Cc1c[nH]c2ccccc12)C(N)=O. The van der Waals surface area contributed by atoms with Crippen LogP contribution in [0.25, 0.3) is 10.9 Å². The molecule has 114 heavy (non-hydrogen) atoms. The van der Waals surface area contributed by atoms with Gasteiger partial charge in [-0.05, 0) is 125 Å². The Morgan fingerprint density at radius 3 is 1.52 bits per heavy atom. The van der Waals surface area contributed by atoms with E-state index in [4.69, 9.17) is 51.6 Å². The van der Waals surface area contributed by atoms with Crippen LogP contribution in [0.1, 0.15) is 164 Å². The number of carbonyl (C=O) groups excluding carboxylic acids is 14. The average molecular weight is 1630 g/mol. The molecule has 0 saturated carbocycles. The number of unbranched alkanes of at least 4 members (excludes halogenated alkanes) is 1. The molecule has 1 aliphatic rings. The Bertz CT molecular complexity index is 3670. The Morgan fingerprint density at radius 1 is 0.544 bits per heavy atom. The second kappa shape index (κ2) is 51.1.